The molecule has 0 unspecified atom stereocenters. The van der Waals surface area contributed by atoms with Crippen LogP contribution in [0.5, 0.6) is 5.75 Å². The second kappa shape index (κ2) is 6.76. The smallest absolute Gasteiger partial charge is 0.119 e. The first-order valence-electron chi connectivity index (χ1n) is 6.88. The van der Waals surface area contributed by atoms with Gasteiger partial charge in [-0.25, -0.2) is 0 Å². The van der Waals surface area contributed by atoms with Crippen molar-refractivity contribution in [2.45, 2.75) is 25.8 Å². The maximum atomic E-state index is 5.76. The van der Waals surface area contributed by atoms with Crippen molar-refractivity contribution in [3.8, 4) is 5.75 Å². The zero-order chi connectivity index (χ0) is 12.8. The van der Waals surface area contributed by atoms with E-state index in [0.717, 1.165) is 30.4 Å². The van der Waals surface area contributed by atoms with Crippen LogP contribution in [0.1, 0.15) is 24.8 Å². The first-order valence-corrected chi connectivity index (χ1v) is 6.88. The van der Waals surface area contributed by atoms with E-state index in [2.05, 4.69) is 11.9 Å². The lowest BCUT2D eigenvalue weighted by Gasteiger charge is -2.30. The van der Waals surface area contributed by atoms with Gasteiger partial charge in [-0.15, -0.1) is 0 Å². The molecule has 0 radical (unpaired) electrons. The molecule has 1 aliphatic rings. The Bertz CT molecular complexity index is 363. The summed E-state index contributed by atoms with van der Waals surface area (Å²) in [6.45, 7) is 3.52. The minimum atomic E-state index is 0.568. The fourth-order valence-corrected chi connectivity index (χ4v) is 2.29. The van der Waals surface area contributed by atoms with Gasteiger partial charge in [0.15, 0.2) is 0 Å². The molecule has 2 N–H and O–H groups in total. The number of nitrogens with two attached hydrogens (primary N) is 1. The molecule has 18 heavy (non-hydrogen) atoms. The van der Waals surface area contributed by atoms with Gasteiger partial charge in [0.1, 0.15) is 12.4 Å². The third-order valence-electron chi connectivity index (χ3n) is 3.67. The molecular formula is C15H24N2O. The molecule has 1 aromatic rings. The first kappa shape index (κ1) is 13.4. The summed E-state index contributed by atoms with van der Waals surface area (Å²) in [4.78, 5) is 2.37. The Balaban J connectivity index is 1.67. The van der Waals surface area contributed by atoms with Crippen LogP contribution in [0.2, 0.25) is 0 Å². The predicted octanol–water partition coefficient (Wildman–Crippen LogP) is 2.26. The highest BCUT2D eigenvalue weighted by molar-refractivity contribution is 5.28. The topological polar surface area (TPSA) is 38.5 Å². The number of hydrogen-bond donors (Lipinski definition) is 1. The van der Waals surface area contributed by atoms with E-state index in [1.54, 1.807) is 0 Å². The molecule has 1 aromatic carbocycles. The van der Waals surface area contributed by atoms with E-state index in [1.165, 1.54) is 25.8 Å². The number of ether oxygens (including phenoxy) is 1. The van der Waals surface area contributed by atoms with Gasteiger partial charge in [0.2, 0.25) is 0 Å². The minimum absolute atomic E-state index is 0.568. The summed E-state index contributed by atoms with van der Waals surface area (Å²) in [5.74, 6) is 1.85. The van der Waals surface area contributed by atoms with Gasteiger partial charge in [-0.05, 0) is 43.5 Å². The van der Waals surface area contributed by atoms with Gasteiger partial charge in [-0.1, -0.05) is 18.6 Å². The van der Waals surface area contributed by atoms with Gasteiger partial charge in [-0.2, -0.15) is 0 Å². The number of hydrogen-bond acceptors (Lipinski definition) is 3. The van der Waals surface area contributed by atoms with E-state index in [0.29, 0.717) is 6.54 Å². The molecule has 2 rings (SSSR count). The molecule has 3 heteroatoms. The molecule has 1 fully saturated rings. The number of likely N-dealkylation sites (N-methyl/N-ethyl adjacent to an activating group) is 1. The summed E-state index contributed by atoms with van der Waals surface area (Å²) in [5.41, 5.74) is 6.73. The van der Waals surface area contributed by atoms with Crippen molar-refractivity contribution in [2.75, 3.05) is 26.7 Å². The average Bonchev–Trinajstić information content (AvgIpc) is 2.34. The number of rotatable bonds is 7. The lowest BCUT2D eigenvalue weighted by atomic mass is 9.85. The van der Waals surface area contributed by atoms with Gasteiger partial charge in [-0.3, -0.25) is 0 Å². The Kier molecular flexibility index (Phi) is 5.02. The maximum Gasteiger partial charge on any atom is 0.119 e. The quantitative estimate of drug-likeness (QED) is 0.804. The third kappa shape index (κ3) is 4.00. The highest BCUT2D eigenvalue weighted by Crippen LogP contribution is 2.26. The van der Waals surface area contributed by atoms with Crippen LogP contribution in [0.15, 0.2) is 24.3 Å². The van der Waals surface area contributed by atoms with Crippen molar-refractivity contribution in [2.24, 2.45) is 11.7 Å². The summed E-state index contributed by atoms with van der Waals surface area (Å²) < 4.78 is 5.76. The van der Waals surface area contributed by atoms with E-state index in [-0.39, 0.29) is 0 Å². The minimum Gasteiger partial charge on any atom is -0.492 e. The van der Waals surface area contributed by atoms with Crippen molar-refractivity contribution in [3.05, 3.63) is 29.8 Å². The van der Waals surface area contributed by atoms with Crippen molar-refractivity contribution < 1.29 is 4.74 Å². The summed E-state index contributed by atoms with van der Waals surface area (Å²) in [7, 11) is 2.18. The molecule has 0 amide bonds. The molecule has 100 valence electrons. The Morgan fingerprint density at radius 1 is 1.39 bits per heavy atom. The molecule has 0 spiro atoms. The zero-order valence-electron chi connectivity index (χ0n) is 11.3. The summed E-state index contributed by atoms with van der Waals surface area (Å²) in [6, 6.07) is 8.03. The van der Waals surface area contributed by atoms with Crippen LogP contribution in [-0.2, 0) is 6.54 Å². The summed E-state index contributed by atoms with van der Waals surface area (Å²) in [6.07, 6.45) is 4.23. The van der Waals surface area contributed by atoms with E-state index >= 15 is 0 Å². The Morgan fingerprint density at radius 2 is 2.22 bits per heavy atom. The molecule has 0 atom stereocenters. The largest absolute Gasteiger partial charge is 0.492 e. The monoisotopic (exact) mass is 248 g/mol. The average molecular weight is 248 g/mol. The van der Waals surface area contributed by atoms with Crippen molar-refractivity contribution >= 4 is 0 Å². The highest BCUT2D eigenvalue weighted by Gasteiger charge is 2.18. The maximum absolute atomic E-state index is 5.76. The second-order valence-electron chi connectivity index (χ2n) is 5.26. The third-order valence-corrected chi connectivity index (χ3v) is 3.67. The highest BCUT2D eigenvalue weighted by atomic mass is 16.5. The van der Waals surface area contributed by atoms with Gasteiger partial charge >= 0.3 is 0 Å². The number of nitrogens with zero attached hydrogens (tertiary/aromatic N) is 1. The predicted molar refractivity (Wildman–Crippen MR) is 74.7 cm³/mol. The van der Waals surface area contributed by atoms with Crippen molar-refractivity contribution in [1.29, 1.82) is 0 Å². The van der Waals surface area contributed by atoms with Crippen LogP contribution in [0, 0.1) is 5.92 Å². The normalized spacial score (nSPS) is 15.7. The molecule has 0 saturated heterocycles. The Morgan fingerprint density at radius 3 is 2.89 bits per heavy atom. The van der Waals surface area contributed by atoms with E-state index in [1.807, 2.05) is 24.3 Å². The van der Waals surface area contributed by atoms with Gasteiger partial charge in [0, 0.05) is 19.6 Å². The molecule has 0 bridgehead atoms. The fourth-order valence-electron chi connectivity index (χ4n) is 2.29. The molecule has 1 aliphatic carbocycles. The molecule has 1 saturated carbocycles. The zero-order valence-corrected chi connectivity index (χ0v) is 11.3. The van der Waals surface area contributed by atoms with E-state index in [4.69, 9.17) is 10.5 Å². The van der Waals surface area contributed by atoms with Crippen molar-refractivity contribution in [3.63, 3.8) is 0 Å². The van der Waals surface area contributed by atoms with Gasteiger partial charge in [0.25, 0.3) is 0 Å². The summed E-state index contributed by atoms with van der Waals surface area (Å²) >= 11 is 0. The SMILES string of the molecule is CN(CCOc1cccc(CN)c1)CC1CCC1. The van der Waals surface area contributed by atoms with Crippen LogP contribution in [0.4, 0.5) is 0 Å². The Labute approximate surface area is 110 Å². The lowest BCUT2D eigenvalue weighted by molar-refractivity contribution is 0.177. The molecule has 0 aromatic heterocycles. The molecule has 0 aliphatic heterocycles. The molecule has 3 nitrogen and oxygen atoms in total. The van der Waals surface area contributed by atoms with Crippen LogP contribution in [0.3, 0.4) is 0 Å². The van der Waals surface area contributed by atoms with Crippen LogP contribution in [-0.4, -0.2) is 31.6 Å². The Hall–Kier alpha value is -1.06. The lowest BCUT2D eigenvalue weighted by Crippen LogP contribution is -2.32. The first-order chi connectivity index (χ1) is 8.78. The second-order valence-corrected chi connectivity index (χ2v) is 5.26. The summed E-state index contributed by atoms with van der Waals surface area (Å²) in [5, 5.41) is 0. The standard InChI is InChI=1S/C15H24N2O/c1-17(12-13-4-2-5-13)8-9-18-15-7-3-6-14(10-15)11-16/h3,6-7,10,13H,2,4-5,8-9,11-12,16H2,1H3. The van der Waals surface area contributed by atoms with Crippen LogP contribution >= 0.6 is 0 Å². The van der Waals surface area contributed by atoms with E-state index in [9.17, 15) is 0 Å². The fraction of sp³-hybridized carbons (Fsp3) is 0.600. The molecular weight excluding hydrogens is 224 g/mol. The van der Waals surface area contributed by atoms with E-state index < -0.39 is 0 Å². The van der Waals surface area contributed by atoms with Gasteiger partial charge < -0.3 is 15.4 Å². The molecule has 0 heterocycles. The van der Waals surface area contributed by atoms with Gasteiger partial charge in [0.05, 0.1) is 0 Å². The van der Waals surface area contributed by atoms with Crippen LogP contribution < -0.4 is 10.5 Å². The van der Waals surface area contributed by atoms with Crippen molar-refractivity contribution in [1.82, 2.24) is 4.90 Å². The number of benzene rings is 1. The van der Waals surface area contributed by atoms with Crippen LogP contribution in [0.25, 0.3) is 0 Å².